The van der Waals surface area contributed by atoms with E-state index in [1.807, 2.05) is 0 Å². The predicted molar refractivity (Wildman–Crippen MR) is 78.1 cm³/mol. The summed E-state index contributed by atoms with van der Waals surface area (Å²) in [6.45, 7) is 1.27. The van der Waals surface area contributed by atoms with Gasteiger partial charge in [0, 0.05) is 12.1 Å². The molecule has 0 atom stereocenters. The molecule has 0 aromatic heterocycles. The van der Waals surface area contributed by atoms with Crippen molar-refractivity contribution in [2.45, 2.75) is 18.1 Å². The number of sulfonamides is 1. The lowest BCUT2D eigenvalue weighted by atomic mass is 10.2. The molecule has 1 aliphatic heterocycles. The van der Waals surface area contributed by atoms with Gasteiger partial charge in [0.1, 0.15) is 5.75 Å². The quantitative estimate of drug-likeness (QED) is 0.622. The molecule has 1 aromatic rings. The number of piperidine rings is 1. The fourth-order valence-corrected chi connectivity index (χ4v) is 3.72. The molecule has 116 valence electrons. The second kappa shape index (κ2) is 6.27. The van der Waals surface area contributed by atoms with Gasteiger partial charge in [-0.2, -0.15) is 0 Å². The number of rotatable bonds is 5. The Hall–Kier alpha value is -1.87. The highest BCUT2D eigenvalue weighted by molar-refractivity contribution is 7.93. The Balaban J connectivity index is 2.28. The van der Waals surface area contributed by atoms with Crippen LogP contribution in [0.3, 0.4) is 0 Å². The molecule has 0 aliphatic carbocycles. The lowest BCUT2D eigenvalue weighted by Crippen LogP contribution is -2.38. The fraction of sp³-hybridized carbons (Fsp3) is 0.500. The highest BCUT2D eigenvalue weighted by atomic mass is 32.2. The first-order valence-electron chi connectivity index (χ1n) is 6.49. The number of anilines is 1. The summed E-state index contributed by atoms with van der Waals surface area (Å²) in [6.07, 6.45) is 1.01. The molecular formula is C12H17N3O5S. The van der Waals surface area contributed by atoms with Gasteiger partial charge in [-0.1, -0.05) is 0 Å². The Morgan fingerprint density at radius 3 is 2.62 bits per heavy atom. The van der Waals surface area contributed by atoms with Gasteiger partial charge in [0.15, 0.2) is 0 Å². The zero-order valence-corrected chi connectivity index (χ0v) is 12.4. The van der Waals surface area contributed by atoms with Gasteiger partial charge in [0.2, 0.25) is 10.0 Å². The van der Waals surface area contributed by atoms with Crippen LogP contribution in [-0.2, 0) is 10.0 Å². The van der Waals surface area contributed by atoms with Gasteiger partial charge in [-0.25, -0.2) is 8.42 Å². The number of nitrogens with one attached hydrogen (secondary N) is 2. The van der Waals surface area contributed by atoms with Crippen molar-refractivity contribution in [2.24, 2.45) is 0 Å². The number of methoxy groups -OCH3 is 1. The number of nitrogens with zero attached hydrogens (tertiary/aromatic N) is 1. The summed E-state index contributed by atoms with van der Waals surface area (Å²) in [7, 11) is -2.23. The van der Waals surface area contributed by atoms with E-state index >= 15 is 0 Å². The summed E-state index contributed by atoms with van der Waals surface area (Å²) in [6, 6.07) is 3.80. The molecular weight excluding hydrogens is 298 g/mol. The molecule has 0 amide bonds. The number of benzene rings is 1. The van der Waals surface area contributed by atoms with Crippen LogP contribution in [0, 0.1) is 10.1 Å². The highest BCUT2D eigenvalue weighted by Crippen LogP contribution is 2.30. The van der Waals surface area contributed by atoms with Gasteiger partial charge in [0.05, 0.1) is 23.0 Å². The maximum Gasteiger partial charge on any atom is 0.271 e. The molecule has 2 rings (SSSR count). The smallest absolute Gasteiger partial charge is 0.271 e. The number of non-ortho nitro benzene ring substituents is 1. The minimum absolute atomic E-state index is 0.0882. The summed E-state index contributed by atoms with van der Waals surface area (Å²) in [5.74, 6) is 0.248. The second-order valence-corrected chi connectivity index (χ2v) is 6.70. The molecule has 1 aromatic carbocycles. The monoisotopic (exact) mass is 315 g/mol. The summed E-state index contributed by atoms with van der Waals surface area (Å²) in [4.78, 5) is 10.2. The molecule has 21 heavy (non-hydrogen) atoms. The van der Waals surface area contributed by atoms with Crippen LogP contribution in [0.15, 0.2) is 18.2 Å². The average molecular weight is 315 g/mol. The first-order valence-corrected chi connectivity index (χ1v) is 8.03. The molecule has 9 heteroatoms. The summed E-state index contributed by atoms with van der Waals surface area (Å²) < 4.78 is 32.1. The van der Waals surface area contributed by atoms with Crippen molar-refractivity contribution in [1.29, 1.82) is 0 Å². The van der Waals surface area contributed by atoms with Crippen molar-refractivity contribution in [3.8, 4) is 5.75 Å². The maximum absolute atomic E-state index is 12.3. The minimum Gasteiger partial charge on any atom is -0.495 e. The maximum atomic E-state index is 12.3. The Morgan fingerprint density at radius 1 is 1.38 bits per heavy atom. The van der Waals surface area contributed by atoms with Crippen molar-refractivity contribution < 1.29 is 18.1 Å². The molecule has 0 spiro atoms. The van der Waals surface area contributed by atoms with E-state index < -0.39 is 20.2 Å². The molecule has 1 heterocycles. The summed E-state index contributed by atoms with van der Waals surface area (Å²) >= 11 is 0. The van der Waals surface area contributed by atoms with Gasteiger partial charge < -0.3 is 10.1 Å². The van der Waals surface area contributed by atoms with Crippen LogP contribution < -0.4 is 14.8 Å². The standard InChI is InChI=1S/C12H17N3O5S/c1-20-12-3-2-9(15(16)17)8-11(12)14-21(18,19)10-4-6-13-7-5-10/h2-3,8,10,13-14H,4-7H2,1H3. The van der Waals surface area contributed by atoms with E-state index in [4.69, 9.17) is 4.74 Å². The Morgan fingerprint density at radius 2 is 2.05 bits per heavy atom. The Kier molecular flexibility index (Phi) is 4.63. The lowest BCUT2D eigenvalue weighted by molar-refractivity contribution is -0.384. The van der Waals surface area contributed by atoms with Gasteiger partial charge >= 0.3 is 0 Å². The molecule has 0 bridgehead atoms. The van der Waals surface area contributed by atoms with E-state index in [1.54, 1.807) is 0 Å². The Bertz CT molecular complexity index is 626. The number of hydrogen-bond acceptors (Lipinski definition) is 6. The number of nitro groups is 1. The first-order chi connectivity index (χ1) is 9.94. The summed E-state index contributed by atoms with van der Waals surface area (Å²) in [5, 5.41) is 13.4. The molecule has 0 radical (unpaired) electrons. The van der Waals surface area contributed by atoms with Crippen molar-refractivity contribution >= 4 is 21.4 Å². The van der Waals surface area contributed by atoms with E-state index in [2.05, 4.69) is 10.0 Å². The van der Waals surface area contributed by atoms with Crippen LogP contribution in [0.4, 0.5) is 11.4 Å². The van der Waals surface area contributed by atoms with Gasteiger partial charge in [-0.3, -0.25) is 14.8 Å². The fourth-order valence-electron chi connectivity index (χ4n) is 2.23. The zero-order valence-electron chi connectivity index (χ0n) is 11.5. The molecule has 0 unspecified atom stereocenters. The third-order valence-electron chi connectivity index (χ3n) is 3.37. The van der Waals surface area contributed by atoms with E-state index in [9.17, 15) is 18.5 Å². The largest absolute Gasteiger partial charge is 0.495 e. The van der Waals surface area contributed by atoms with Crippen LogP contribution >= 0.6 is 0 Å². The van der Waals surface area contributed by atoms with Crippen LogP contribution in [-0.4, -0.2) is 38.8 Å². The zero-order chi connectivity index (χ0) is 15.5. The lowest BCUT2D eigenvalue weighted by Gasteiger charge is -2.23. The molecule has 1 fully saturated rings. The van der Waals surface area contributed by atoms with Crippen molar-refractivity contribution in [3.63, 3.8) is 0 Å². The number of ether oxygens (including phenoxy) is 1. The van der Waals surface area contributed by atoms with Gasteiger partial charge in [-0.05, 0) is 32.0 Å². The van der Waals surface area contributed by atoms with Crippen LogP contribution in [0.25, 0.3) is 0 Å². The van der Waals surface area contributed by atoms with Crippen molar-refractivity contribution in [1.82, 2.24) is 5.32 Å². The average Bonchev–Trinajstić information content (AvgIpc) is 2.47. The normalized spacial score (nSPS) is 16.4. The minimum atomic E-state index is -3.60. The Labute approximate surface area is 122 Å². The van der Waals surface area contributed by atoms with Crippen LogP contribution in [0.1, 0.15) is 12.8 Å². The van der Waals surface area contributed by atoms with E-state index in [0.717, 1.165) is 6.07 Å². The number of nitro benzene ring substituents is 1. The highest BCUT2D eigenvalue weighted by Gasteiger charge is 2.28. The molecule has 1 saturated heterocycles. The summed E-state index contributed by atoms with van der Waals surface area (Å²) in [5.41, 5.74) is -0.107. The molecule has 2 N–H and O–H groups in total. The van der Waals surface area contributed by atoms with Crippen LogP contribution in [0.2, 0.25) is 0 Å². The molecule has 0 saturated carbocycles. The molecule has 1 aliphatic rings. The van der Waals surface area contributed by atoms with E-state index in [-0.39, 0.29) is 17.1 Å². The first kappa shape index (κ1) is 15.5. The SMILES string of the molecule is COc1ccc([N+](=O)[O-])cc1NS(=O)(=O)C1CCNCC1. The van der Waals surface area contributed by atoms with Crippen LogP contribution in [0.5, 0.6) is 5.75 Å². The molecule has 8 nitrogen and oxygen atoms in total. The third-order valence-corrected chi connectivity index (χ3v) is 5.22. The number of hydrogen-bond donors (Lipinski definition) is 2. The second-order valence-electron chi connectivity index (χ2n) is 4.74. The van der Waals surface area contributed by atoms with Crippen molar-refractivity contribution in [3.05, 3.63) is 28.3 Å². The third kappa shape index (κ3) is 3.61. The van der Waals surface area contributed by atoms with Gasteiger partial charge in [0.25, 0.3) is 5.69 Å². The van der Waals surface area contributed by atoms with E-state index in [0.29, 0.717) is 25.9 Å². The predicted octanol–water partition coefficient (Wildman–Crippen LogP) is 1.10. The van der Waals surface area contributed by atoms with Gasteiger partial charge in [-0.15, -0.1) is 0 Å². The van der Waals surface area contributed by atoms with E-state index in [1.165, 1.54) is 19.2 Å². The van der Waals surface area contributed by atoms with Crippen molar-refractivity contribution in [2.75, 3.05) is 24.9 Å². The topological polar surface area (TPSA) is 111 Å².